The smallest absolute Gasteiger partial charge is 0.132 e. The van der Waals surface area contributed by atoms with Gasteiger partial charge in [0, 0.05) is 22.7 Å². The predicted molar refractivity (Wildman–Crippen MR) is 78.8 cm³/mol. The van der Waals surface area contributed by atoms with Gasteiger partial charge in [-0.15, -0.1) is 0 Å². The highest BCUT2D eigenvalue weighted by molar-refractivity contribution is 6.30. The zero-order valence-electron chi connectivity index (χ0n) is 11.2. The molecule has 0 spiro atoms. The van der Waals surface area contributed by atoms with Crippen LogP contribution in [-0.2, 0) is 6.54 Å². The van der Waals surface area contributed by atoms with Crippen molar-refractivity contribution in [3.05, 3.63) is 58.6 Å². The second-order valence-electron chi connectivity index (χ2n) is 4.61. The molecule has 1 nitrogen and oxygen atoms in total. The summed E-state index contributed by atoms with van der Waals surface area (Å²) in [5, 5.41) is 3.46. The normalized spacial score (nSPS) is 10.8. The maximum atomic E-state index is 14.0. The third kappa shape index (κ3) is 3.56. The largest absolute Gasteiger partial charge is 0.313 e. The van der Waals surface area contributed by atoms with Gasteiger partial charge in [0.15, 0.2) is 0 Å². The van der Waals surface area contributed by atoms with Gasteiger partial charge in [-0.1, -0.05) is 30.7 Å². The van der Waals surface area contributed by atoms with Crippen molar-refractivity contribution in [2.24, 2.45) is 0 Å². The van der Waals surface area contributed by atoms with Crippen LogP contribution in [0.25, 0.3) is 11.1 Å². The summed E-state index contributed by atoms with van der Waals surface area (Å²) in [4.78, 5) is 0. The second-order valence-corrected chi connectivity index (χ2v) is 5.04. The van der Waals surface area contributed by atoms with Gasteiger partial charge in [0.05, 0.1) is 0 Å². The van der Waals surface area contributed by atoms with Crippen molar-refractivity contribution in [2.45, 2.75) is 19.9 Å². The van der Waals surface area contributed by atoms with Crippen LogP contribution in [-0.4, -0.2) is 6.54 Å². The Balaban J connectivity index is 2.24. The molecule has 2 aromatic carbocycles. The molecule has 0 saturated heterocycles. The third-order valence-corrected chi connectivity index (χ3v) is 3.27. The Labute approximate surface area is 122 Å². The Hall–Kier alpha value is -1.45. The zero-order valence-corrected chi connectivity index (χ0v) is 12.0. The molecule has 0 bridgehead atoms. The van der Waals surface area contributed by atoms with E-state index in [9.17, 15) is 8.78 Å². The Morgan fingerprint density at radius 3 is 2.50 bits per heavy atom. The lowest BCUT2D eigenvalue weighted by molar-refractivity contribution is 0.586. The molecule has 2 rings (SSSR count). The third-order valence-electron chi connectivity index (χ3n) is 3.04. The molecule has 0 heterocycles. The highest BCUT2D eigenvalue weighted by atomic mass is 35.5. The van der Waals surface area contributed by atoms with Crippen molar-refractivity contribution in [1.82, 2.24) is 5.32 Å². The fraction of sp³-hybridized carbons (Fsp3) is 0.250. The summed E-state index contributed by atoms with van der Waals surface area (Å²) in [5.41, 5.74) is 1.44. The molecule has 0 aromatic heterocycles. The van der Waals surface area contributed by atoms with Crippen molar-refractivity contribution in [1.29, 1.82) is 0 Å². The van der Waals surface area contributed by atoms with Gasteiger partial charge in [-0.3, -0.25) is 0 Å². The standard InChI is InChI=1S/C16H16ClF2N/c1-2-7-20-10-12-4-3-11(8-15(12)18)14-6-5-13(17)9-16(14)19/h3-6,8-9,20H,2,7,10H2,1H3. The molecule has 0 fully saturated rings. The van der Waals surface area contributed by atoms with Crippen LogP contribution in [0.5, 0.6) is 0 Å². The maximum Gasteiger partial charge on any atom is 0.132 e. The van der Waals surface area contributed by atoms with Crippen molar-refractivity contribution >= 4 is 11.6 Å². The van der Waals surface area contributed by atoms with Crippen LogP contribution in [0.4, 0.5) is 8.78 Å². The molecule has 0 aliphatic heterocycles. The van der Waals surface area contributed by atoms with Crippen LogP contribution in [0.15, 0.2) is 36.4 Å². The van der Waals surface area contributed by atoms with E-state index in [1.165, 1.54) is 12.1 Å². The Bertz CT molecular complexity index is 599. The number of benzene rings is 2. The van der Waals surface area contributed by atoms with Crippen molar-refractivity contribution in [3.8, 4) is 11.1 Å². The van der Waals surface area contributed by atoms with Gasteiger partial charge in [0.1, 0.15) is 11.6 Å². The van der Waals surface area contributed by atoms with E-state index in [1.54, 1.807) is 24.3 Å². The molecule has 0 aliphatic rings. The van der Waals surface area contributed by atoms with E-state index in [0.29, 0.717) is 28.3 Å². The zero-order chi connectivity index (χ0) is 14.5. The number of nitrogens with one attached hydrogen (secondary N) is 1. The van der Waals surface area contributed by atoms with Gasteiger partial charge in [-0.25, -0.2) is 8.78 Å². The topological polar surface area (TPSA) is 12.0 Å². The Morgan fingerprint density at radius 1 is 1.05 bits per heavy atom. The van der Waals surface area contributed by atoms with Crippen LogP contribution in [0.2, 0.25) is 5.02 Å². The summed E-state index contributed by atoms with van der Waals surface area (Å²) in [6.45, 7) is 3.37. The van der Waals surface area contributed by atoms with Crippen molar-refractivity contribution in [2.75, 3.05) is 6.54 Å². The fourth-order valence-electron chi connectivity index (χ4n) is 1.98. The molecule has 0 amide bonds. The van der Waals surface area contributed by atoms with Crippen LogP contribution >= 0.6 is 11.6 Å². The van der Waals surface area contributed by atoms with Crippen molar-refractivity contribution in [3.63, 3.8) is 0 Å². The van der Waals surface area contributed by atoms with Crippen LogP contribution in [0, 0.1) is 11.6 Å². The minimum atomic E-state index is -0.450. The summed E-state index contributed by atoms with van der Waals surface area (Å²) in [5.74, 6) is -0.783. The minimum absolute atomic E-state index is 0.326. The first-order valence-corrected chi connectivity index (χ1v) is 6.94. The summed E-state index contributed by atoms with van der Waals surface area (Å²) < 4.78 is 27.8. The van der Waals surface area contributed by atoms with E-state index in [-0.39, 0.29) is 5.82 Å². The molecule has 4 heteroatoms. The lowest BCUT2D eigenvalue weighted by Gasteiger charge is -2.08. The van der Waals surface area contributed by atoms with E-state index in [2.05, 4.69) is 12.2 Å². The summed E-state index contributed by atoms with van der Waals surface area (Å²) in [7, 11) is 0. The van der Waals surface area contributed by atoms with Crippen molar-refractivity contribution < 1.29 is 8.78 Å². The summed E-state index contributed by atoms with van der Waals surface area (Å²) >= 11 is 5.71. The minimum Gasteiger partial charge on any atom is -0.313 e. The van der Waals surface area contributed by atoms with E-state index in [0.717, 1.165) is 13.0 Å². The number of hydrogen-bond acceptors (Lipinski definition) is 1. The molecule has 0 aliphatic carbocycles. The van der Waals surface area contributed by atoms with E-state index >= 15 is 0 Å². The number of rotatable bonds is 5. The van der Waals surface area contributed by atoms with Gasteiger partial charge in [0.2, 0.25) is 0 Å². The first kappa shape index (κ1) is 14.9. The van der Waals surface area contributed by atoms with E-state index in [4.69, 9.17) is 11.6 Å². The van der Waals surface area contributed by atoms with Crippen LogP contribution in [0.1, 0.15) is 18.9 Å². The first-order chi connectivity index (χ1) is 9.61. The number of halogens is 3. The average Bonchev–Trinajstić information content (AvgIpc) is 2.41. The maximum absolute atomic E-state index is 14.0. The summed E-state index contributed by atoms with van der Waals surface area (Å²) in [6.07, 6.45) is 0.996. The van der Waals surface area contributed by atoms with Gasteiger partial charge >= 0.3 is 0 Å². The molecule has 2 aromatic rings. The molecule has 0 unspecified atom stereocenters. The van der Waals surface area contributed by atoms with Gasteiger partial charge in [-0.05, 0) is 42.8 Å². The molecule has 0 atom stereocenters. The van der Waals surface area contributed by atoms with Crippen LogP contribution in [0.3, 0.4) is 0 Å². The summed E-state index contributed by atoms with van der Waals surface area (Å²) in [6, 6.07) is 9.14. The Kier molecular flexibility index (Phi) is 5.10. The molecule has 20 heavy (non-hydrogen) atoms. The van der Waals surface area contributed by atoms with E-state index < -0.39 is 5.82 Å². The lowest BCUT2D eigenvalue weighted by Crippen LogP contribution is -2.14. The molecule has 106 valence electrons. The van der Waals surface area contributed by atoms with E-state index in [1.807, 2.05) is 0 Å². The monoisotopic (exact) mass is 295 g/mol. The first-order valence-electron chi connectivity index (χ1n) is 6.56. The van der Waals surface area contributed by atoms with Gasteiger partial charge < -0.3 is 5.32 Å². The number of hydrogen-bond donors (Lipinski definition) is 1. The predicted octanol–water partition coefficient (Wildman–Crippen LogP) is 4.78. The molecular weight excluding hydrogens is 280 g/mol. The lowest BCUT2D eigenvalue weighted by atomic mass is 10.0. The molecular formula is C16H16ClF2N. The second kappa shape index (κ2) is 6.82. The SMILES string of the molecule is CCCNCc1ccc(-c2ccc(Cl)cc2F)cc1F. The average molecular weight is 296 g/mol. The van der Waals surface area contributed by atoms with Gasteiger partial charge in [-0.2, -0.15) is 0 Å². The van der Waals surface area contributed by atoms with Crippen LogP contribution < -0.4 is 5.32 Å². The fourth-order valence-corrected chi connectivity index (χ4v) is 2.14. The van der Waals surface area contributed by atoms with Gasteiger partial charge in [0.25, 0.3) is 0 Å². The highest BCUT2D eigenvalue weighted by Gasteiger charge is 2.09. The quantitative estimate of drug-likeness (QED) is 0.782. The highest BCUT2D eigenvalue weighted by Crippen LogP contribution is 2.26. The Morgan fingerprint density at radius 2 is 1.85 bits per heavy atom. The molecule has 0 radical (unpaired) electrons. The molecule has 1 N–H and O–H groups in total. The molecule has 0 saturated carbocycles.